The van der Waals surface area contributed by atoms with E-state index in [1.807, 2.05) is 6.92 Å². The van der Waals surface area contributed by atoms with Crippen LogP contribution in [0.25, 0.3) is 11.2 Å². The first-order valence-corrected chi connectivity index (χ1v) is 7.64. The normalized spacial score (nSPS) is 18.3. The molecule has 0 aliphatic carbocycles. The van der Waals surface area contributed by atoms with E-state index < -0.39 is 0 Å². The first-order valence-electron chi connectivity index (χ1n) is 7.64. The van der Waals surface area contributed by atoms with Gasteiger partial charge in [-0.15, -0.1) is 0 Å². The van der Waals surface area contributed by atoms with Crippen LogP contribution in [0.4, 0.5) is 5.82 Å². The molecule has 1 aliphatic rings. The maximum Gasteiger partial charge on any atom is 0.252 e. The molecule has 1 aliphatic heterocycles. The molecule has 1 fully saturated rings. The third-order valence-electron chi connectivity index (χ3n) is 4.36. The monoisotopic (exact) mass is 294 g/mol. The number of fused-ring (bicyclic) bond motifs is 1. The summed E-state index contributed by atoms with van der Waals surface area (Å²) < 4.78 is 5.54. The number of aromatic nitrogens is 3. The lowest BCUT2D eigenvalue weighted by Crippen LogP contribution is -2.24. The third kappa shape index (κ3) is 2.04. The zero-order valence-corrected chi connectivity index (χ0v) is 12.8. The predicted octanol–water partition coefficient (Wildman–Crippen LogP) is 3.58. The molecule has 4 rings (SSSR count). The van der Waals surface area contributed by atoms with Crippen molar-refractivity contribution in [2.45, 2.75) is 32.7 Å². The smallest absolute Gasteiger partial charge is 0.252 e. The number of oxazole rings is 1. The Balaban J connectivity index is 1.82. The summed E-state index contributed by atoms with van der Waals surface area (Å²) in [6, 6.07) is 8.92. The lowest BCUT2D eigenvalue weighted by atomic mass is 9.99. The maximum absolute atomic E-state index is 5.54. The summed E-state index contributed by atoms with van der Waals surface area (Å²) in [6.07, 6.45) is 3.85. The van der Waals surface area contributed by atoms with Crippen molar-refractivity contribution in [2.75, 3.05) is 11.4 Å². The van der Waals surface area contributed by atoms with E-state index in [2.05, 4.69) is 51.0 Å². The highest BCUT2D eigenvalue weighted by Gasteiger charge is 2.30. The van der Waals surface area contributed by atoms with Gasteiger partial charge in [0.15, 0.2) is 17.2 Å². The van der Waals surface area contributed by atoms with Crippen molar-refractivity contribution in [2.24, 2.45) is 0 Å². The first kappa shape index (κ1) is 13.2. The largest absolute Gasteiger partial charge is 0.422 e. The van der Waals surface area contributed by atoms with Gasteiger partial charge in [0.25, 0.3) is 5.71 Å². The molecule has 1 atom stereocenters. The second kappa shape index (κ2) is 5.09. The molecule has 0 N–H and O–H groups in total. The van der Waals surface area contributed by atoms with E-state index >= 15 is 0 Å². The van der Waals surface area contributed by atoms with Crippen molar-refractivity contribution in [3.8, 4) is 0 Å². The molecule has 0 bridgehead atoms. The van der Waals surface area contributed by atoms with Gasteiger partial charge in [-0.2, -0.15) is 4.98 Å². The number of benzene rings is 1. The lowest BCUT2D eigenvalue weighted by molar-refractivity contribution is 0.551. The van der Waals surface area contributed by atoms with Crippen LogP contribution in [0.5, 0.6) is 0 Å². The number of aryl methyl sites for hydroxylation is 2. The van der Waals surface area contributed by atoms with Gasteiger partial charge >= 0.3 is 0 Å². The molecule has 1 aromatic carbocycles. The summed E-state index contributed by atoms with van der Waals surface area (Å²) in [5, 5.41) is 0. The van der Waals surface area contributed by atoms with Crippen molar-refractivity contribution in [1.29, 1.82) is 0 Å². The van der Waals surface area contributed by atoms with E-state index in [0.29, 0.717) is 17.6 Å². The molecule has 0 saturated carbocycles. The fourth-order valence-corrected chi connectivity index (χ4v) is 3.36. The van der Waals surface area contributed by atoms with E-state index in [9.17, 15) is 0 Å². The fraction of sp³-hybridized carbons (Fsp3) is 0.353. The SMILES string of the molecule is Cc1nc2c(N3CCC[C@@H]3c3ccccc3C)ncnc2o1. The van der Waals surface area contributed by atoms with Crippen LogP contribution in [-0.2, 0) is 0 Å². The number of rotatable bonds is 2. The lowest BCUT2D eigenvalue weighted by Gasteiger charge is -2.27. The van der Waals surface area contributed by atoms with Gasteiger partial charge in [-0.1, -0.05) is 24.3 Å². The Kier molecular flexibility index (Phi) is 3.06. The van der Waals surface area contributed by atoms with Crippen LogP contribution in [-0.4, -0.2) is 21.5 Å². The average Bonchev–Trinajstić information content (AvgIpc) is 3.12. The summed E-state index contributed by atoms with van der Waals surface area (Å²) in [5.41, 5.74) is 4.02. The quantitative estimate of drug-likeness (QED) is 0.723. The minimum absolute atomic E-state index is 0.344. The number of nitrogens with zero attached hydrogens (tertiary/aromatic N) is 4. The Bertz CT molecular complexity index is 826. The molecular formula is C17H18N4O. The van der Waals surface area contributed by atoms with Crippen LogP contribution < -0.4 is 4.90 Å². The van der Waals surface area contributed by atoms with Gasteiger partial charge in [0.2, 0.25) is 0 Å². The van der Waals surface area contributed by atoms with Crippen LogP contribution in [0.2, 0.25) is 0 Å². The van der Waals surface area contributed by atoms with Gasteiger partial charge in [0.1, 0.15) is 6.33 Å². The highest BCUT2D eigenvalue weighted by Crippen LogP contribution is 2.38. The van der Waals surface area contributed by atoms with Crippen molar-refractivity contribution >= 4 is 17.0 Å². The molecule has 5 heteroatoms. The summed E-state index contributed by atoms with van der Waals surface area (Å²) >= 11 is 0. The molecule has 0 amide bonds. The summed E-state index contributed by atoms with van der Waals surface area (Å²) in [7, 11) is 0. The molecular weight excluding hydrogens is 276 g/mol. The Morgan fingerprint density at radius 2 is 2.05 bits per heavy atom. The van der Waals surface area contributed by atoms with Gasteiger partial charge < -0.3 is 9.32 Å². The van der Waals surface area contributed by atoms with Crippen LogP contribution in [0, 0.1) is 13.8 Å². The van der Waals surface area contributed by atoms with Crippen molar-refractivity contribution in [3.05, 3.63) is 47.6 Å². The van der Waals surface area contributed by atoms with Gasteiger partial charge in [-0.25, -0.2) is 9.97 Å². The molecule has 0 unspecified atom stereocenters. The molecule has 3 heterocycles. The number of hydrogen-bond donors (Lipinski definition) is 0. The van der Waals surface area contributed by atoms with Crippen LogP contribution in [0.1, 0.15) is 35.9 Å². The number of hydrogen-bond acceptors (Lipinski definition) is 5. The minimum Gasteiger partial charge on any atom is -0.422 e. The Hall–Kier alpha value is -2.43. The Morgan fingerprint density at radius 1 is 1.18 bits per heavy atom. The molecule has 0 spiro atoms. The summed E-state index contributed by atoms with van der Waals surface area (Å²) in [6.45, 7) is 4.99. The molecule has 22 heavy (non-hydrogen) atoms. The van der Waals surface area contributed by atoms with Crippen LogP contribution in [0.3, 0.4) is 0 Å². The topological polar surface area (TPSA) is 55.1 Å². The standard InChI is InChI=1S/C17H18N4O/c1-11-6-3-4-7-13(11)14-8-5-9-21(14)16-15-17(19-10-18-16)22-12(2)20-15/h3-4,6-7,10,14H,5,8-9H2,1-2H3/t14-/m1/s1. The Labute approximate surface area is 129 Å². The summed E-state index contributed by atoms with van der Waals surface area (Å²) in [5.74, 6) is 1.51. The highest BCUT2D eigenvalue weighted by molar-refractivity contribution is 5.82. The second-order valence-electron chi connectivity index (χ2n) is 5.79. The van der Waals surface area contributed by atoms with Crippen molar-refractivity contribution < 1.29 is 4.42 Å². The molecule has 112 valence electrons. The van der Waals surface area contributed by atoms with Gasteiger partial charge in [-0.3, -0.25) is 0 Å². The van der Waals surface area contributed by atoms with Crippen molar-refractivity contribution in [3.63, 3.8) is 0 Å². The third-order valence-corrected chi connectivity index (χ3v) is 4.36. The molecule has 1 saturated heterocycles. The molecule has 3 aromatic rings. The van der Waals surface area contributed by atoms with Gasteiger partial charge in [0.05, 0.1) is 6.04 Å². The van der Waals surface area contributed by atoms with Gasteiger partial charge in [0, 0.05) is 13.5 Å². The molecule has 5 nitrogen and oxygen atoms in total. The van der Waals surface area contributed by atoms with Crippen molar-refractivity contribution in [1.82, 2.24) is 15.0 Å². The van der Waals surface area contributed by atoms with E-state index in [1.165, 1.54) is 11.1 Å². The minimum atomic E-state index is 0.344. The molecule has 2 aromatic heterocycles. The summed E-state index contributed by atoms with van der Waals surface area (Å²) in [4.78, 5) is 15.5. The van der Waals surface area contributed by atoms with E-state index in [-0.39, 0.29) is 0 Å². The van der Waals surface area contributed by atoms with E-state index in [1.54, 1.807) is 6.33 Å². The first-order chi connectivity index (χ1) is 10.7. The second-order valence-corrected chi connectivity index (χ2v) is 5.79. The molecule has 0 radical (unpaired) electrons. The van der Waals surface area contributed by atoms with Crippen LogP contribution >= 0.6 is 0 Å². The predicted molar refractivity (Wildman–Crippen MR) is 84.8 cm³/mol. The Morgan fingerprint density at radius 3 is 2.91 bits per heavy atom. The highest BCUT2D eigenvalue weighted by atomic mass is 16.4. The van der Waals surface area contributed by atoms with E-state index in [4.69, 9.17) is 4.42 Å². The van der Waals surface area contributed by atoms with Crippen LogP contribution in [0.15, 0.2) is 35.0 Å². The fourth-order valence-electron chi connectivity index (χ4n) is 3.36. The number of anilines is 1. The van der Waals surface area contributed by atoms with E-state index in [0.717, 1.165) is 30.7 Å². The zero-order chi connectivity index (χ0) is 15.1. The zero-order valence-electron chi connectivity index (χ0n) is 12.8. The average molecular weight is 294 g/mol. The van der Waals surface area contributed by atoms with Gasteiger partial charge in [-0.05, 0) is 30.9 Å². The maximum atomic E-state index is 5.54.